The molecule has 0 radical (unpaired) electrons. The molecule has 28 heavy (non-hydrogen) atoms. The van der Waals surface area contributed by atoms with Gasteiger partial charge in [-0.05, 0) is 0 Å². The molecule has 0 nitrogen and oxygen atoms in total. The Morgan fingerprint density at radius 3 is 2.21 bits per heavy atom. The van der Waals surface area contributed by atoms with Gasteiger partial charge in [-0.15, -0.1) is 0 Å². The predicted octanol–water partition coefficient (Wildman–Crippen LogP) is 0.794. The first-order valence-corrected chi connectivity index (χ1v) is 12.6. The Balaban J connectivity index is 0.000000382. The van der Waals surface area contributed by atoms with Crippen molar-refractivity contribution in [2.75, 3.05) is 0 Å². The van der Waals surface area contributed by atoms with E-state index in [0.29, 0.717) is 0 Å². The first kappa shape index (κ1) is 25.4. The molecule has 2 aromatic carbocycles. The van der Waals surface area contributed by atoms with Crippen molar-refractivity contribution in [3.8, 4) is 11.1 Å². The molecule has 0 unspecified atom stereocenters. The van der Waals surface area contributed by atoms with E-state index in [0.717, 1.165) is 6.42 Å². The molecule has 0 atom stereocenters. The quantitative estimate of drug-likeness (QED) is 0.447. The fourth-order valence-electron chi connectivity index (χ4n) is 3.66. The van der Waals surface area contributed by atoms with Gasteiger partial charge < -0.3 is 24.8 Å². The number of rotatable bonds is 6. The number of allylic oxidation sites excluding steroid dienone is 4. The van der Waals surface area contributed by atoms with Crippen LogP contribution in [0.4, 0.5) is 0 Å². The van der Waals surface area contributed by atoms with Crippen molar-refractivity contribution in [3.05, 3.63) is 75.1 Å². The van der Waals surface area contributed by atoms with Crippen molar-refractivity contribution in [1.82, 2.24) is 0 Å². The van der Waals surface area contributed by atoms with Gasteiger partial charge in [-0.3, -0.25) is 0 Å². The molecule has 148 valence electrons. The molecule has 2 aromatic rings. The van der Waals surface area contributed by atoms with Gasteiger partial charge in [0.15, 0.2) is 0 Å². The molecule has 0 heterocycles. The maximum absolute atomic E-state index is 2.37. The van der Waals surface area contributed by atoms with E-state index in [2.05, 4.69) is 74.5 Å². The molecule has 0 fully saturated rings. The first-order valence-electron chi connectivity index (χ1n) is 10.2. The molecule has 2 aliphatic rings. The molecule has 0 aromatic heterocycles. The molecule has 0 N–H and O–H groups in total. The number of hydrogen-bond acceptors (Lipinski definition) is 0. The molecule has 4 rings (SSSR count). The number of hydrogen-bond donors (Lipinski definition) is 0. The van der Waals surface area contributed by atoms with Crippen LogP contribution >= 0.6 is 0 Å². The van der Waals surface area contributed by atoms with Crippen LogP contribution in [0.25, 0.3) is 11.1 Å². The molecule has 0 spiro atoms. The average Bonchev–Trinajstić information content (AvgIpc) is 3.31. The summed E-state index contributed by atoms with van der Waals surface area (Å²) in [6.45, 7) is 4.49. The van der Waals surface area contributed by atoms with Gasteiger partial charge in [0, 0.05) is 0 Å². The minimum atomic E-state index is -0.581. The van der Waals surface area contributed by atoms with Crippen LogP contribution < -0.4 is 28.1 Å². The summed E-state index contributed by atoms with van der Waals surface area (Å²) in [7, 11) is 0. The second kappa shape index (κ2) is 13.6. The second-order valence-electron chi connectivity index (χ2n) is 7.18. The van der Waals surface area contributed by atoms with E-state index in [1.54, 1.807) is 12.1 Å². The maximum Gasteiger partial charge on any atom is -0.0533 e. The third kappa shape index (κ3) is 6.72. The van der Waals surface area contributed by atoms with Gasteiger partial charge in [0.2, 0.25) is 0 Å². The monoisotopic (exact) mass is 490 g/mol. The van der Waals surface area contributed by atoms with Crippen LogP contribution in [-0.2, 0) is 29.7 Å². The maximum atomic E-state index is 2.37. The van der Waals surface area contributed by atoms with Crippen LogP contribution in [0.5, 0.6) is 0 Å². The molecule has 0 saturated heterocycles. The van der Waals surface area contributed by atoms with Crippen molar-refractivity contribution in [2.45, 2.75) is 58.8 Å². The number of unbranched alkanes of at least 4 members (excludes halogenated alkanes) is 4. The third-order valence-corrected chi connectivity index (χ3v) is 8.64. The van der Waals surface area contributed by atoms with Gasteiger partial charge in [0.25, 0.3) is 0 Å². The van der Waals surface area contributed by atoms with Gasteiger partial charge in [-0.2, -0.15) is 0 Å². The van der Waals surface area contributed by atoms with Crippen LogP contribution in [0, 0.1) is 0 Å². The Labute approximate surface area is 195 Å². The van der Waals surface area contributed by atoms with Gasteiger partial charge >= 0.3 is 126 Å². The zero-order chi connectivity index (χ0) is 18.2. The fraction of sp³-hybridized carbons (Fsp3) is 0.360. The van der Waals surface area contributed by atoms with E-state index >= 15 is 0 Å². The normalized spacial score (nSPS) is 12.4. The van der Waals surface area contributed by atoms with Crippen LogP contribution in [0.3, 0.4) is 0 Å². The minimum absolute atomic E-state index is 0. The van der Waals surface area contributed by atoms with Crippen LogP contribution in [-0.4, -0.2) is 0 Å². The molecule has 0 saturated carbocycles. The predicted molar refractivity (Wildman–Crippen MR) is 111 cm³/mol. The molecule has 0 aliphatic heterocycles. The molecular formula is C25H30Cl2Zr. The summed E-state index contributed by atoms with van der Waals surface area (Å²) in [5.74, 6) is 0. The van der Waals surface area contributed by atoms with Crippen molar-refractivity contribution in [1.29, 1.82) is 0 Å². The summed E-state index contributed by atoms with van der Waals surface area (Å²) in [6.07, 6.45) is 16.2. The molecule has 0 amide bonds. The largest absolute Gasteiger partial charge is 1.00 e. The van der Waals surface area contributed by atoms with E-state index in [1.807, 2.05) is 0 Å². The van der Waals surface area contributed by atoms with Gasteiger partial charge in [-0.1, -0.05) is 46.0 Å². The average molecular weight is 493 g/mol. The van der Waals surface area contributed by atoms with Crippen molar-refractivity contribution >= 4 is 3.27 Å². The fourth-order valence-corrected chi connectivity index (χ4v) is 6.86. The molecular weight excluding hydrogens is 462 g/mol. The van der Waals surface area contributed by atoms with Crippen molar-refractivity contribution in [3.63, 3.8) is 0 Å². The summed E-state index contributed by atoms with van der Waals surface area (Å²) in [6, 6.07) is 15.8. The van der Waals surface area contributed by atoms with Gasteiger partial charge in [-0.25, -0.2) is 0 Å². The van der Waals surface area contributed by atoms with Crippen LogP contribution in [0.1, 0.15) is 63.5 Å². The third-order valence-electron chi connectivity index (χ3n) is 5.12. The molecule has 0 bridgehead atoms. The second-order valence-corrected chi connectivity index (χ2v) is 10.7. The van der Waals surface area contributed by atoms with Crippen LogP contribution in [0.15, 0.2) is 64.0 Å². The van der Waals surface area contributed by atoms with Gasteiger partial charge in [0.1, 0.15) is 0 Å². The Bertz CT molecular complexity index is 789. The van der Waals surface area contributed by atoms with E-state index in [9.17, 15) is 0 Å². The number of benzene rings is 2. The summed E-state index contributed by atoms with van der Waals surface area (Å²) in [4.78, 5) is 0. The standard InChI is InChI=1S/C13H9.C7H16.C5H5.2ClH.Zr/c1-3-7-12-10(5-1)9-11-6-2-4-8-13(11)12;1-3-5-7-6-4-2;1-2-4-5-3-1;;;/h1-5,7-8H,9H2;3-7H2,1-2H3;1-3H,4H2;2*1H;/q;;;;;+2/p-2. The Hall–Kier alpha value is -0.617. The van der Waals surface area contributed by atoms with Crippen molar-refractivity contribution in [2.24, 2.45) is 0 Å². The summed E-state index contributed by atoms with van der Waals surface area (Å²) in [5, 5.41) is 0. The summed E-state index contributed by atoms with van der Waals surface area (Å²) in [5.41, 5.74) is 6.06. The summed E-state index contributed by atoms with van der Waals surface area (Å²) >= 11 is -0.581. The zero-order valence-electron chi connectivity index (χ0n) is 17.0. The number of fused-ring (bicyclic) bond motifs is 3. The molecule has 2 aliphatic carbocycles. The van der Waals surface area contributed by atoms with E-state index in [-0.39, 0.29) is 24.8 Å². The first-order chi connectivity index (χ1) is 12.8. The summed E-state index contributed by atoms with van der Waals surface area (Å²) < 4.78 is 3.38. The topological polar surface area (TPSA) is 0 Å². The molecule has 3 heteroatoms. The Morgan fingerprint density at radius 1 is 0.821 bits per heavy atom. The van der Waals surface area contributed by atoms with E-state index < -0.39 is 23.2 Å². The zero-order valence-corrected chi connectivity index (χ0v) is 20.9. The minimum Gasteiger partial charge on any atom is -1.00 e. The smallest absolute Gasteiger partial charge is 0.0533 e. The SMILES string of the molecule is C1=CC[C]([Zr+2][c]2cccc3c2Cc2ccccc2-3)=C1.CCCCCCC.[Cl-].[Cl-]. The van der Waals surface area contributed by atoms with Crippen LogP contribution in [0.2, 0.25) is 0 Å². The van der Waals surface area contributed by atoms with E-state index in [1.165, 1.54) is 55.2 Å². The number of halogens is 2. The van der Waals surface area contributed by atoms with E-state index in [4.69, 9.17) is 0 Å². The Kier molecular flexibility index (Phi) is 12.3. The Morgan fingerprint density at radius 2 is 1.54 bits per heavy atom. The van der Waals surface area contributed by atoms with Crippen molar-refractivity contribution < 1.29 is 48.0 Å². The van der Waals surface area contributed by atoms with Gasteiger partial charge in [0.05, 0.1) is 0 Å².